The number of benzene rings is 2. The molecular formula is C35H39N7O4. The van der Waals surface area contributed by atoms with Gasteiger partial charge in [-0.15, -0.1) is 0 Å². The Morgan fingerprint density at radius 1 is 1.11 bits per heavy atom. The van der Waals surface area contributed by atoms with Crippen LogP contribution < -0.4 is 25.6 Å². The highest BCUT2D eigenvalue weighted by atomic mass is 16.5. The Balaban J connectivity index is 1.30. The van der Waals surface area contributed by atoms with Gasteiger partial charge >= 0.3 is 5.97 Å². The Morgan fingerprint density at radius 2 is 1.87 bits per heavy atom. The molecule has 0 spiro atoms. The first-order valence-corrected chi connectivity index (χ1v) is 15.9. The fraction of sp³-hybridized carbons (Fsp3) is 0.371. The minimum atomic E-state index is -0.484. The molecular weight excluding hydrogens is 582 g/mol. The number of anilines is 4. The zero-order valence-corrected chi connectivity index (χ0v) is 26.4. The molecule has 2 aromatic heterocycles. The van der Waals surface area contributed by atoms with E-state index in [1.807, 2.05) is 38.1 Å². The number of aromatic nitrogens is 3. The van der Waals surface area contributed by atoms with E-state index in [9.17, 15) is 9.59 Å². The molecule has 3 N–H and O–H groups in total. The molecule has 1 saturated carbocycles. The number of ether oxygens (including phenoxy) is 2. The number of rotatable bonds is 10. The third kappa shape index (κ3) is 5.66. The Morgan fingerprint density at radius 3 is 2.57 bits per heavy atom. The van der Waals surface area contributed by atoms with E-state index in [0.29, 0.717) is 40.7 Å². The monoisotopic (exact) mass is 621 g/mol. The Labute approximate surface area is 268 Å². The van der Waals surface area contributed by atoms with Crippen LogP contribution in [0.3, 0.4) is 0 Å². The van der Waals surface area contributed by atoms with E-state index in [-0.39, 0.29) is 23.5 Å². The van der Waals surface area contributed by atoms with Gasteiger partial charge in [0.25, 0.3) is 0 Å². The number of methoxy groups -OCH3 is 1. The number of nitrogens with zero attached hydrogens (tertiary/aromatic N) is 4. The molecule has 0 radical (unpaired) electrons. The zero-order valence-electron chi connectivity index (χ0n) is 26.4. The van der Waals surface area contributed by atoms with E-state index in [1.54, 1.807) is 7.11 Å². The maximum atomic E-state index is 13.3. The summed E-state index contributed by atoms with van der Waals surface area (Å²) in [5.74, 6) is 1.17. The fourth-order valence-corrected chi connectivity index (χ4v) is 6.68. The summed E-state index contributed by atoms with van der Waals surface area (Å²) in [6, 6.07) is 12.4. The number of fused-ring (bicyclic) bond motifs is 2. The van der Waals surface area contributed by atoms with Crippen molar-refractivity contribution in [3.8, 4) is 17.0 Å². The summed E-state index contributed by atoms with van der Waals surface area (Å²) in [7, 11) is 1.61. The molecule has 0 bridgehead atoms. The summed E-state index contributed by atoms with van der Waals surface area (Å²) in [5, 5.41) is 10.8. The number of amides is 1. The first kappa shape index (κ1) is 29.8. The molecule has 4 aromatic rings. The van der Waals surface area contributed by atoms with Gasteiger partial charge in [-0.2, -0.15) is 0 Å². The second-order valence-corrected chi connectivity index (χ2v) is 12.6. The molecule has 11 heteroatoms. The topological polar surface area (TPSA) is 123 Å². The minimum absolute atomic E-state index is 0.271. The predicted octanol–water partition coefficient (Wildman–Crippen LogP) is 5.53. The lowest BCUT2D eigenvalue weighted by atomic mass is 10.0. The van der Waals surface area contributed by atoms with Crippen molar-refractivity contribution in [3.05, 3.63) is 67.0 Å². The number of hydrogen-bond donors (Lipinski definition) is 3. The minimum Gasteiger partial charge on any atom is -0.494 e. The average Bonchev–Trinajstić information content (AvgIpc) is 3.48. The molecule has 4 heterocycles. The standard InChI is InChI=1S/C35H39N7O4/c1-5-32(43)38-27-12-28(31(45-4)13-30(27)41-17-21-14-36-15-22(21)18-41)39-35-37-16-25(34(44)46-20(2)3)33(40-35)26-19-42(23-10-11-23)29-9-7-6-8-24(26)29/h5-9,12-13,16,19-23,36H,1,10-11,14-15,17-18H2,2-4H3,(H,38,43)(H,37,39,40)/t21-,22?/m1/s1. The number of carbonyl (C=O) groups is 2. The zero-order chi connectivity index (χ0) is 31.9. The summed E-state index contributed by atoms with van der Waals surface area (Å²) < 4.78 is 13.7. The summed E-state index contributed by atoms with van der Waals surface area (Å²) >= 11 is 0. The van der Waals surface area contributed by atoms with Gasteiger partial charge in [-0.05, 0) is 56.7 Å². The molecule has 238 valence electrons. The van der Waals surface area contributed by atoms with E-state index >= 15 is 0 Å². The van der Waals surface area contributed by atoms with Gasteiger partial charge in [0, 0.05) is 67.1 Å². The Bertz CT molecular complexity index is 1820. The summed E-state index contributed by atoms with van der Waals surface area (Å²) in [6.07, 6.45) is 6.78. The van der Waals surface area contributed by atoms with Crippen molar-refractivity contribution in [2.45, 2.75) is 38.8 Å². The summed E-state index contributed by atoms with van der Waals surface area (Å²) in [5.41, 5.74) is 4.77. The van der Waals surface area contributed by atoms with Crippen LogP contribution in [-0.2, 0) is 9.53 Å². The molecule has 2 aromatic carbocycles. The number of esters is 1. The molecule has 7 rings (SSSR count). The molecule has 3 aliphatic rings. The van der Waals surface area contributed by atoms with Crippen molar-refractivity contribution in [2.24, 2.45) is 11.8 Å². The lowest BCUT2D eigenvalue weighted by Crippen LogP contribution is -2.26. The van der Waals surface area contributed by atoms with Crippen LogP contribution in [0.15, 0.2) is 61.4 Å². The fourth-order valence-electron chi connectivity index (χ4n) is 6.68. The van der Waals surface area contributed by atoms with Gasteiger partial charge in [0.2, 0.25) is 11.9 Å². The van der Waals surface area contributed by atoms with Crippen LogP contribution in [0, 0.1) is 11.8 Å². The highest BCUT2D eigenvalue weighted by Crippen LogP contribution is 2.43. The Kier molecular flexibility index (Phi) is 7.85. The van der Waals surface area contributed by atoms with Crippen LogP contribution >= 0.6 is 0 Å². The molecule has 1 unspecified atom stereocenters. The van der Waals surface area contributed by atoms with Crippen molar-refractivity contribution < 1.29 is 19.1 Å². The van der Waals surface area contributed by atoms with Crippen LogP contribution in [0.5, 0.6) is 5.75 Å². The van der Waals surface area contributed by atoms with Crippen molar-refractivity contribution >= 4 is 45.8 Å². The first-order chi connectivity index (χ1) is 22.3. The summed E-state index contributed by atoms with van der Waals surface area (Å²) in [4.78, 5) is 37.6. The lowest BCUT2D eigenvalue weighted by Gasteiger charge is -2.25. The van der Waals surface area contributed by atoms with Crippen LogP contribution in [0.25, 0.3) is 22.2 Å². The maximum absolute atomic E-state index is 13.3. The highest BCUT2D eigenvalue weighted by Gasteiger charge is 2.37. The SMILES string of the molecule is C=CC(=O)Nc1cc(Nc2ncc(C(=O)OC(C)C)c(-c3cn(C4CC4)c4ccccc34)n2)c(OC)cc1N1CC2CNC[C@@H]2C1. The van der Waals surface area contributed by atoms with Gasteiger partial charge in [0.15, 0.2) is 0 Å². The largest absolute Gasteiger partial charge is 0.494 e. The molecule has 11 nitrogen and oxygen atoms in total. The van der Waals surface area contributed by atoms with Crippen LogP contribution in [0.4, 0.5) is 23.0 Å². The summed E-state index contributed by atoms with van der Waals surface area (Å²) in [6.45, 7) is 11.0. The number of para-hydroxylation sites is 1. The highest BCUT2D eigenvalue weighted by molar-refractivity contribution is 6.04. The van der Waals surface area contributed by atoms with Gasteiger partial charge in [0.05, 0.1) is 36.0 Å². The third-order valence-corrected chi connectivity index (χ3v) is 9.03. The van der Waals surface area contributed by atoms with E-state index in [4.69, 9.17) is 14.5 Å². The van der Waals surface area contributed by atoms with Crippen molar-refractivity contribution in [2.75, 3.05) is 48.8 Å². The van der Waals surface area contributed by atoms with Crippen LogP contribution in [-0.4, -0.2) is 65.8 Å². The molecule has 2 atom stereocenters. The maximum Gasteiger partial charge on any atom is 0.342 e. The second-order valence-electron chi connectivity index (χ2n) is 12.6. The number of carbonyl (C=O) groups excluding carboxylic acids is 2. The van der Waals surface area contributed by atoms with Gasteiger partial charge in [-0.3, -0.25) is 4.79 Å². The third-order valence-electron chi connectivity index (χ3n) is 9.03. The van der Waals surface area contributed by atoms with Gasteiger partial charge in [-0.1, -0.05) is 24.8 Å². The van der Waals surface area contributed by atoms with Gasteiger partial charge in [-0.25, -0.2) is 14.8 Å². The van der Waals surface area contributed by atoms with E-state index in [2.05, 4.69) is 55.3 Å². The first-order valence-electron chi connectivity index (χ1n) is 15.9. The Hall–Kier alpha value is -4.90. The molecule has 2 aliphatic heterocycles. The number of nitrogens with one attached hydrogen (secondary N) is 3. The van der Waals surface area contributed by atoms with E-state index in [0.717, 1.165) is 61.2 Å². The van der Waals surface area contributed by atoms with Crippen LogP contribution in [0.1, 0.15) is 43.1 Å². The smallest absolute Gasteiger partial charge is 0.342 e. The van der Waals surface area contributed by atoms with Crippen LogP contribution in [0.2, 0.25) is 0 Å². The molecule has 46 heavy (non-hydrogen) atoms. The molecule has 1 amide bonds. The molecule has 3 fully saturated rings. The molecule has 2 saturated heterocycles. The normalized spacial score (nSPS) is 18.9. The predicted molar refractivity (Wildman–Crippen MR) is 179 cm³/mol. The van der Waals surface area contributed by atoms with Crippen molar-refractivity contribution in [3.63, 3.8) is 0 Å². The van der Waals surface area contributed by atoms with Gasteiger partial charge < -0.3 is 34.9 Å². The van der Waals surface area contributed by atoms with E-state index < -0.39 is 5.97 Å². The lowest BCUT2D eigenvalue weighted by molar-refractivity contribution is -0.111. The molecule has 1 aliphatic carbocycles. The number of hydrogen-bond acceptors (Lipinski definition) is 9. The van der Waals surface area contributed by atoms with E-state index in [1.165, 1.54) is 12.3 Å². The average molecular weight is 622 g/mol. The van der Waals surface area contributed by atoms with Gasteiger partial charge in [0.1, 0.15) is 11.3 Å². The quantitative estimate of drug-likeness (QED) is 0.155. The second kappa shape index (κ2) is 12.1. The van der Waals surface area contributed by atoms with Crippen molar-refractivity contribution in [1.29, 1.82) is 0 Å². The van der Waals surface area contributed by atoms with Crippen molar-refractivity contribution in [1.82, 2.24) is 19.9 Å².